The highest BCUT2D eigenvalue weighted by molar-refractivity contribution is 8.18. The van der Waals surface area contributed by atoms with Gasteiger partial charge >= 0.3 is 0 Å². The van der Waals surface area contributed by atoms with E-state index in [-0.39, 0.29) is 17.7 Å². The largest absolute Gasteiger partial charge is 0.318 e. The zero-order chi connectivity index (χ0) is 22.3. The number of rotatable bonds is 4. The Morgan fingerprint density at radius 2 is 1.77 bits per heavy atom. The van der Waals surface area contributed by atoms with E-state index < -0.39 is 0 Å². The van der Waals surface area contributed by atoms with Crippen LogP contribution in [0.5, 0.6) is 0 Å². The molecule has 1 saturated heterocycles. The lowest BCUT2D eigenvalue weighted by molar-refractivity contribution is -0.123. The topological polar surface area (TPSA) is 42.3 Å². The number of hydrogen-bond donors (Lipinski definition) is 0. The van der Waals surface area contributed by atoms with Crippen LogP contribution in [0.1, 0.15) is 33.6 Å². The third-order valence-corrected chi connectivity index (χ3v) is 6.78. The number of hydrogen-bond acceptors (Lipinski definition) is 3. The number of benzene rings is 2. The summed E-state index contributed by atoms with van der Waals surface area (Å²) in [4.78, 5) is 27.2. The van der Waals surface area contributed by atoms with Gasteiger partial charge in [0.1, 0.15) is 0 Å². The van der Waals surface area contributed by atoms with Crippen molar-refractivity contribution in [2.75, 3.05) is 0 Å². The Hall–Kier alpha value is -2.76. The summed E-state index contributed by atoms with van der Waals surface area (Å²) >= 11 is 7.32. The van der Waals surface area contributed by atoms with Gasteiger partial charge in [-0.05, 0) is 80.4 Å². The van der Waals surface area contributed by atoms with Crippen LogP contribution in [0.3, 0.4) is 0 Å². The first-order valence-electron chi connectivity index (χ1n) is 10.0. The Morgan fingerprint density at radius 3 is 2.48 bits per heavy atom. The molecule has 1 fully saturated rings. The molecule has 0 saturated carbocycles. The second kappa shape index (κ2) is 8.40. The second-order valence-electron chi connectivity index (χ2n) is 7.85. The average molecular weight is 451 g/mol. The molecule has 0 spiro atoms. The molecule has 3 aromatic rings. The Morgan fingerprint density at radius 1 is 1.00 bits per heavy atom. The number of carbonyl (C=O) groups is 2. The van der Waals surface area contributed by atoms with Gasteiger partial charge in [-0.1, -0.05) is 47.5 Å². The van der Waals surface area contributed by atoms with Crippen LogP contribution in [0.15, 0.2) is 53.4 Å². The molecule has 1 aliphatic rings. The predicted octanol–water partition coefficient (Wildman–Crippen LogP) is 6.60. The second-order valence-corrected chi connectivity index (χ2v) is 9.25. The fourth-order valence-corrected chi connectivity index (χ4v) is 4.83. The van der Waals surface area contributed by atoms with Gasteiger partial charge < -0.3 is 4.57 Å². The maximum atomic E-state index is 13.0. The lowest BCUT2D eigenvalue weighted by Crippen LogP contribution is -2.27. The molecule has 2 aromatic carbocycles. The van der Waals surface area contributed by atoms with Gasteiger partial charge in [0.05, 0.1) is 11.4 Å². The van der Waals surface area contributed by atoms with Crippen LogP contribution in [0.25, 0.3) is 11.8 Å². The fourth-order valence-electron chi connectivity index (χ4n) is 3.82. The molecule has 2 amide bonds. The highest BCUT2D eigenvalue weighted by Gasteiger charge is 2.35. The lowest BCUT2D eigenvalue weighted by atomic mass is 10.1. The number of aryl methyl sites for hydroxylation is 3. The van der Waals surface area contributed by atoms with E-state index in [1.54, 1.807) is 0 Å². The van der Waals surface area contributed by atoms with Crippen LogP contribution in [-0.2, 0) is 11.3 Å². The molecular formula is C25H23ClN2O2S. The lowest BCUT2D eigenvalue weighted by Gasteiger charge is -2.12. The van der Waals surface area contributed by atoms with E-state index >= 15 is 0 Å². The van der Waals surface area contributed by atoms with E-state index in [1.807, 2.05) is 82.3 Å². The fraction of sp³-hybridized carbons (Fsp3) is 0.200. The van der Waals surface area contributed by atoms with Crippen LogP contribution >= 0.6 is 23.4 Å². The summed E-state index contributed by atoms with van der Waals surface area (Å²) in [6.45, 7) is 8.27. The van der Waals surface area contributed by atoms with Gasteiger partial charge in [-0.15, -0.1) is 0 Å². The quantitative estimate of drug-likeness (QED) is 0.420. The summed E-state index contributed by atoms with van der Waals surface area (Å²) < 4.78 is 2.11. The molecule has 0 N–H and O–H groups in total. The van der Waals surface area contributed by atoms with Gasteiger partial charge in [0.25, 0.3) is 11.1 Å². The predicted molar refractivity (Wildman–Crippen MR) is 128 cm³/mol. The summed E-state index contributed by atoms with van der Waals surface area (Å²) in [5, 5.41) is 0.473. The molecule has 1 aliphatic heterocycles. The first-order valence-corrected chi connectivity index (χ1v) is 11.2. The molecule has 0 aliphatic carbocycles. The molecule has 4 rings (SSSR count). The summed E-state index contributed by atoms with van der Waals surface area (Å²) in [5.74, 6) is -0.250. The Bertz CT molecular complexity index is 1240. The van der Waals surface area contributed by atoms with Crippen molar-refractivity contribution in [1.29, 1.82) is 0 Å². The molecular weight excluding hydrogens is 428 g/mol. The van der Waals surface area contributed by atoms with Crippen molar-refractivity contribution in [3.05, 3.63) is 92.1 Å². The van der Waals surface area contributed by atoms with Gasteiger partial charge in [0.15, 0.2) is 0 Å². The zero-order valence-electron chi connectivity index (χ0n) is 17.9. The molecule has 158 valence electrons. The molecule has 1 aromatic heterocycles. The van der Waals surface area contributed by atoms with E-state index in [1.165, 1.54) is 4.90 Å². The number of nitrogens with zero attached hydrogens (tertiary/aromatic N) is 2. The van der Waals surface area contributed by atoms with Gasteiger partial charge in [-0.3, -0.25) is 14.5 Å². The van der Waals surface area contributed by atoms with E-state index in [2.05, 4.69) is 4.57 Å². The van der Waals surface area contributed by atoms with Gasteiger partial charge in [0, 0.05) is 22.1 Å². The summed E-state index contributed by atoms with van der Waals surface area (Å²) in [6, 6.07) is 15.8. The third kappa shape index (κ3) is 4.21. The molecule has 6 heteroatoms. The Kier molecular flexibility index (Phi) is 5.82. The van der Waals surface area contributed by atoms with Gasteiger partial charge in [-0.2, -0.15) is 0 Å². The minimum Gasteiger partial charge on any atom is -0.318 e. The average Bonchev–Trinajstić information content (AvgIpc) is 3.14. The van der Waals surface area contributed by atoms with Crippen molar-refractivity contribution in [2.24, 2.45) is 0 Å². The SMILES string of the molecule is Cc1cccc(CN2C(=O)S/C(=C\c3cc(C)n(-c4ccc(C)c(Cl)c4)c3C)C2=O)c1. The van der Waals surface area contributed by atoms with Crippen molar-refractivity contribution in [3.8, 4) is 5.69 Å². The molecule has 0 radical (unpaired) electrons. The minimum absolute atomic E-state index is 0.239. The molecule has 0 atom stereocenters. The van der Waals surface area contributed by atoms with Crippen molar-refractivity contribution in [3.63, 3.8) is 0 Å². The van der Waals surface area contributed by atoms with Crippen LogP contribution in [0.4, 0.5) is 4.79 Å². The minimum atomic E-state index is -0.250. The number of halogens is 1. The van der Waals surface area contributed by atoms with E-state index in [0.717, 1.165) is 51.1 Å². The molecule has 0 unspecified atom stereocenters. The van der Waals surface area contributed by atoms with E-state index in [4.69, 9.17) is 11.6 Å². The van der Waals surface area contributed by atoms with Crippen LogP contribution in [0.2, 0.25) is 5.02 Å². The van der Waals surface area contributed by atoms with Crippen LogP contribution < -0.4 is 0 Å². The summed E-state index contributed by atoms with van der Waals surface area (Å²) in [6.07, 6.45) is 1.82. The highest BCUT2D eigenvalue weighted by Crippen LogP contribution is 2.35. The first kappa shape index (κ1) is 21.5. The van der Waals surface area contributed by atoms with Crippen molar-refractivity contribution < 1.29 is 9.59 Å². The Balaban J connectivity index is 1.64. The van der Waals surface area contributed by atoms with Crippen molar-refractivity contribution in [1.82, 2.24) is 9.47 Å². The molecule has 4 nitrogen and oxygen atoms in total. The number of aromatic nitrogens is 1. The molecule has 0 bridgehead atoms. The van der Waals surface area contributed by atoms with Crippen molar-refractivity contribution in [2.45, 2.75) is 34.2 Å². The van der Waals surface area contributed by atoms with E-state index in [9.17, 15) is 9.59 Å². The van der Waals surface area contributed by atoms with Crippen LogP contribution in [-0.4, -0.2) is 20.6 Å². The number of imide groups is 1. The number of thioether (sulfide) groups is 1. The maximum absolute atomic E-state index is 13.0. The number of amides is 2. The number of carbonyl (C=O) groups excluding carboxylic acids is 2. The zero-order valence-corrected chi connectivity index (χ0v) is 19.5. The smallest absolute Gasteiger partial charge is 0.293 e. The standard InChI is InChI=1S/C25H23ClN2O2S/c1-15-6-5-7-19(10-15)14-27-24(29)23(31-25(27)30)12-20-11-17(3)28(18(20)4)21-9-8-16(2)22(26)13-21/h5-13H,14H2,1-4H3/b23-12-. The summed E-state index contributed by atoms with van der Waals surface area (Å²) in [5.41, 5.74) is 6.97. The molecule has 31 heavy (non-hydrogen) atoms. The third-order valence-electron chi connectivity index (χ3n) is 5.47. The monoisotopic (exact) mass is 450 g/mol. The highest BCUT2D eigenvalue weighted by atomic mass is 35.5. The van der Waals surface area contributed by atoms with Crippen molar-refractivity contribution >= 4 is 40.6 Å². The van der Waals surface area contributed by atoms with Crippen LogP contribution in [0, 0.1) is 27.7 Å². The van der Waals surface area contributed by atoms with Gasteiger partial charge in [-0.25, -0.2) is 0 Å². The summed E-state index contributed by atoms with van der Waals surface area (Å²) in [7, 11) is 0. The molecule has 2 heterocycles. The van der Waals surface area contributed by atoms with Gasteiger partial charge in [0.2, 0.25) is 0 Å². The van der Waals surface area contributed by atoms with E-state index in [0.29, 0.717) is 9.93 Å². The maximum Gasteiger partial charge on any atom is 0.293 e. The first-order chi connectivity index (χ1) is 14.7. The Labute approximate surface area is 191 Å². The normalized spacial score (nSPS) is 15.4.